The minimum Gasteiger partial charge on any atom is -0.497 e. The highest BCUT2D eigenvalue weighted by Crippen LogP contribution is 2.22. The Morgan fingerprint density at radius 3 is 2.50 bits per heavy atom. The van der Waals surface area contributed by atoms with Gasteiger partial charge in [0.15, 0.2) is 0 Å². The zero-order chi connectivity index (χ0) is 22.4. The average molecular weight is 442 g/mol. The van der Waals surface area contributed by atoms with Gasteiger partial charge in [0.2, 0.25) is 10.0 Å². The summed E-state index contributed by atoms with van der Waals surface area (Å²) >= 11 is 0. The van der Waals surface area contributed by atoms with E-state index >= 15 is 0 Å². The van der Waals surface area contributed by atoms with Crippen LogP contribution in [0.3, 0.4) is 0 Å². The molecule has 1 aliphatic rings. The van der Waals surface area contributed by atoms with Crippen molar-refractivity contribution in [2.24, 2.45) is 5.92 Å². The molecule has 0 spiro atoms. The Kier molecular flexibility index (Phi) is 8.52. The van der Waals surface area contributed by atoms with Gasteiger partial charge in [-0.25, -0.2) is 17.9 Å². The molecule has 2 rings (SSSR count). The van der Waals surface area contributed by atoms with Crippen molar-refractivity contribution in [3.05, 3.63) is 24.3 Å². The fraction of sp³-hybridized carbons (Fsp3) is 0.667. The first-order valence-corrected chi connectivity index (χ1v) is 11.8. The molecular formula is C21H35N3O5S. The van der Waals surface area contributed by atoms with Crippen molar-refractivity contribution in [1.82, 2.24) is 14.9 Å². The third kappa shape index (κ3) is 7.45. The molecule has 8 nitrogen and oxygen atoms in total. The van der Waals surface area contributed by atoms with Gasteiger partial charge in [-0.2, -0.15) is 0 Å². The van der Waals surface area contributed by atoms with Gasteiger partial charge in [-0.15, -0.1) is 0 Å². The van der Waals surface area contributed by atoms with E-state index in [1.165, 1.54) is 19.2 Å². The molecule has 1 fully saturated rings. The molecule has 1 saturated heterocycles. The summed E-state index contributed by atoms with van der Waals surface area (Å²) in [6.45, 7) is 9.79. The number of methoxy groups -OCH3 is 1. The highest BCUT2D eigenvalue weighted by atomic mass is 32.2. The summed E-state index contributed by atoms with van der Waals surface area (Å²) < 4.78 is 37.9. The molecule has 2 atom stereocenters. The van der Waals surface area contributed by atoms with E-state index in [0.717, 1.165) is 12.8 Å². The number of sulfonamides is 1. The average Bonchev–Trinajstić information content (AvgIpc) is 2.70. The third-order valence-electron chi connectivity index (χ3n) is 5.07. The lowest BCUT2D eigenvalue weighted by Crippen LogP contribution is -2.48. The van der Waals surface area contributed by atoms with Crippen LogP contribution in [0.15, 0.2) is 29.2 Å². The highest BCUT2D eigenvalue weighted by Gasteiger charge is 2.30. The predicted octanol–water partition coefficient (Wildman–Crippen LogP) is 2.60. The number of ether oxygens (including phenoxy) is 2. The Morgan fingerprint density at radius 1 is 1.23 bits per heavy atom. The van der Waals surface area contributed by atoms with Gasteiger partial charge in [-0.05, 0) is 70.7 Å². The zero-order valence-electron chi connectivity index (χ0n) is 18.6. The number of likely N-dealkylation sites (tertiary alicyclic amines) is 1. The van der Waals surface area contributed by atoms with Crippen molar-refractivity contribution in [1.29, 1.82) is 0 Å². The van der Waals surface area contributed by atoms with Crippen LogP contribution in [-0.4, -0.2) is 64.3 Å². The Labute approximate surface area is 180 Å². The summed E-state index contributed by atoms with van der Waals surface area (Å²) in [6, 6.07) is 6.43. The van der Waals surface area contributed by atoms with Gasteiger partial charge in [0.1, 0.15) is 11.4 Å². The van der Waals surface area contributed by atoms with Crippen LogP contribution < -0.4 is 14.8 Å². The Bertz CT molecular complexity index is 790. The summed E-state index contributed by atoms with van der Waals surface area (Å²) in [7, 11) is -2.03. The molecule has 30 heavy (non-hydrogen) atoms. The Hall–Kier alpha value is -1.84. The molecule has 0 radical (unpaired) electrons. The highest BCUT2D eigenvalue weighted by molar-refractivity contribution is 7.89. The molecule has 1 heterocycles. The standard InChI is InChI=1S/C21H35N3O5S/c1-16(17-7-6-14-24(15-17)20(25)29-21(2,3)4)22-12-13-23-30(26,27)19-10-8-18(28-5)9-11-19/h8-11,16-17,22-23H,6-7,12-15H2,1-5H3. The summed E-state index contributed by atoms with van der Waals surface area (Å²) in [5, 5.41) is 3.38. The first-order chi connectivity index (χ1) is 14.0. The van der Waals surface area contributed by atoms with E-state index < -0.39 is 15.6 Å². The quantitative estimate of drug-likeness (QED) is 0.602. The lowest BCUT2D eigenvalue weighted by atomic mass is 9.92. The van der Waals surface area contributed by atoms with Crippen LogP contribution in [0, 0.1) is 5.92 Å². The smallest absolute Gasteiger partial charge is 0.410 e. The fourth-order valence-electron chi connectivity index (χ4n) is 3.40. The normalized spacial score (nSPS) is 18.7. The second-order valence-corrected chi connectivity index (χ2v) is 10.4. The lowest BCUT2D eigenvalue weighted by Gasteiger charge is -2.36. The van der Waals surface area contributed by atoms with Crippen LogP contribution in [0.25, 0.3) is 0 Å². The van der Waals surface area contributed by atoms with Crippen molar-refractivity contribution in [3.8, 4) is 5.75 Å². The van der Waals surface area contributed by atoms with Gasteiger partial charge in [-0.1, -0.05) is 0 Å². The maximum absolute atomic E-state index is 12.4. The van der Waals surface area contributed by atoms with E-state index in [4.69, 9.17) is 9.47 Å². The lowest BCUT2D eigenvalue weighted by molar-refractivity contribution is 0.0149. The van der Waals surface area contributed by atoms with E-state index in [2.05, 4.69) is 17.0 Å². The third-order valence-corrected chi connectivity index (χ3v) is 6.55. The number of hydrogen-bond acceptors (Lipinski definition) is 6. The fourth-order valence-corrected chi connectivity index (χ4v) is 4.43. The van der Waals surface area contributed by atoms with Crippen molar-refractivity contribution in [3.63, 3.8) is 0 Å². The molecule has 0 saturated carbocycles. The second kappa shape index (κ2) is 10.5. The van der Waals surface area contributed by atoms with E-state index in [1.54, 1.807) is 17.0 Å². The van der Waals surface area contributed by atoms with Gasteiger partial charge in [0.05, 0.1) is 12.0 Å². The Balaban J connectivity index is 1.78. The maximum atomic E-state index is 12.4. The number of amides is 1. The van der Waals surface area contributed by atoms with E-state index in [1.807, 2.05) is 20.8 Å². The zero-order valence-corrected chi connectivity index (χ0v) is 19.4. The van der Waals surface area contributed by atoms with Crippen LogP contribution in [0.2, 0.25) is 0 Å². The van der Waals surface area contributed by atoms with Gasteiger partial charge >= 0.3 is 6.09 Å². The number of nitrogens with one attached hydrogen (secondary N) is 2. The minimum atomic E-state index is -3.56. The van der Waals surface area contributed by atoms with Crippen LogP contribution >= 0.6 is 0 Å². The topological polar surface area (TPSA) is 97.0 Å². The number of benzene rings is 1. The molecule has 1 aromatic carbocycles. The monoisotopic (exact) mass is 441 g/mol. The van der Waals surface area contributed by atoms with Gasteiger partial charge in [0, 0.05) is 32.2 Å². The number of rotatable bonds is 8. The summed E-state index contributed by atoms with van der Waals surface area (Å²) in [6.07, 6.45) is 1.68. The van der Waals surface area contributed by atoms with Gasteiger partial charge in [-0.3, -0.25) is 0 Å². The molecule has 1 aliphatic heterocycles. The molecule has 2 unspecified atom stereocenters. The maximum Gasteiger partial charge on any atom is 0.410 e. The molecule has 170 valence electrons. The summed E-state index contributed by atoms with van der Waals surface area (Å²) in [5.41, 5.74) is -0.505. The number of hydrogen-bond donors (Lipinski definition) is 2. The first-order valence-electron chi connectivity index (χ1n) is 10.4. The molecule has 2 N–H and O–H groups in total. The SMILES string of the molecule is COc1ccc(S(=O)(=O)NCCNC(C)C2CCCN(C(=O)OC(C)(C)C)C2)cc1. The van der Waals surface area contributed by atoms with Crippen molar-refractivity contribution >= 4 is 16.1 Å². The summed E-state index contributed by atoms with van der Waals surface area (Å²) in [4.78, 5) is 14.3. The van der Waals surface area contributed by atoms with E-state index in [-0.39, 0.29) is 23.6 Å². The number of piperidine rings is 1. The molecule has 0 aliphatic carbocycles. The number of carbonyl (C=O) groups is 1. The van der Waals surface area contributed by atoms with Gasteiger partial charge < -0.3 is 19.7 Å². The van der Waals surface area contributed by atoms with Crippen molar-refractivity contribution in [2.45, 2.75) is 57.1 Å². The van der Waals surface area contributed by atoms with Crippen LogP contribution in [0.4, 0.5) is 4.79 Å². The van der Waals surface area contributed by atoms with Crippen LogP contribution in [-0.2, 0) is 14.8 Å². The minimum absolute atomic E-state index is 0.153. The molecule has 9 heteroatoms. The molecule has 0 bridgehead atoms. The van der Waals surface area contributed by atoms with Crippen molar-refractivity contribution < 1.29 is 22.7 Å². The molecule has 0 aromatic heterocycles. The van der Waals surface area contributed by atoms with E-state index in [0.29, 0.717) is 31.3 Å². The Morgan fingerprint density at radius 2 is 1.90 bits per heavy atom. The number of carbonyl (C=O) groups excluding carboxylic acids is 1. The first kappa shape index (κ1) is 24.4. The largest absolute Gasteiger partial charge is 0.497 e. The van der Waals surface area contributed by atoms with E-state index in [9.17, 15) is 13.2 Å². The predicted molar refractivity (Wildman–Crippen MR) is 116 cm³/mol. The summed E-state index contributed by atoms with van der Waals surface area (Å²) in [5.74, 6) is 0.904. The van der Waals surface area contributed by atoms with Crippen LogP contribution in [0.1, 0.15) is 40.5 Å². The molecular weight excluding hydrogens is 406 g/mol. The van der Waals surface area contributed by atoms with Gasteiger partial charge in [0.25, 0.3) is 0 Å². The van der Waals surface area contributed by atoms with Crippen LogP contribution in [0.5, 0.6) is 5.75 Å². The second-order valence-electron chi connectivity index (χ2n) is 8.64. The molecule has 1 amide bonds. The number of nitrogens with zero attached hydrogens (tertiary/aromatic N) is 1. The van der Waals surface area contributed by atoms with Crippen molar-refractivity contribution in [2.75, 3.05) is 33.3 Å². The molecule has 1 aromatic rings.